The van der Waals surface area contributed by atoms with Gasteiger partial charge in [-0.25, -0.2) is 0 Å². The number of piperidine rings is 1. The van der Waals surface area contributed by atoms with Crippen molar-refractivity contribution < 1.29 is 9.53 Å². The molecule has 4 heteroatoms. The molecule has 148 valence electrons. The van der Waals surface area contributed by atoms with Crippen molar-refractivity contribution in [3.8, 4) is 5.75 Å². The maximum atomic E-state index is 11.5. The van der Waals surface area contributed by atoms with Crippen LogP contribution >= 0.6 is 0 Å². The lowest BCUT2D eigenvalue weighted by Gasteiger charge is -2.36. The van der Waals surface area contributed by atoms with Gasteiger partial charge in [-0.05, 0) is 48.9 Å². The Labute approximate surface area is 168 Å². The fraction of sp³-hybridized carbons (Fsp3) is 0.458. The summed E-state index contributed by atoms with van der Waals surface area (Å²) in [6.45, 7) is 7.11. The van der Waals surface area contributed by atoms with Gasteiger partial charge in [0.2, 0.25) is 0 Å². The largest absolute Gasteiger partial charge is 0.497 e. The Bertz CT molecular complexity index is 800. The molecular formula is C24H30N2O2. The van der Waals surface area contributed by atoms with Gasteiger partial charge in [0.05, 0.1) is 7.11 Å². The van der Waals surface area contributed by atoms with Crippen LogP contribution in [-0.2, 0) is 13.1 Å². The zero-order valence-electron chi connectivity index (χ0n) is 16.9. The van der Waals surface area contributed by atoms with Crippen LogP contribution in [0.15, 0.2) is 48.5 Å². The number of rotatable bonds is 6. The minimum absolute atomic E-state index is 0.134. The molecule has 5 rings (SSSR count). The molecule has 0 aromatic heterocycles. The van der Waals surface area contributed by atoms with E-state index in [1.807, 2.05) is 12.1 Å². The van der Waals surface area contributed by atoms with Crippen LogP contribution in [0.5, 0.6) is 5.75 Å². The standard InChI is InChI=1S/C24H30N2O2/c1-18(27)22-8-3-20(4-9-22)15-26-16-21-5-10-23(26)17-25(14-21)13-19-6-11-24(28-2)12-7-19/h3-4,6-9,11-12,21,23H,5,10,13-17H2,1-2H3/t21-,23+/m0/s1. The highest BCUT2D eigenvalue weighted by atomic mass is 16.5. The molecule has 0 saturated carbocycles. The predicted octanol–water partition coefficient (Wildman–Crippen LogP) is 3.99. The van der Waals surface area contributed by atoms with Crippen LogP contribution in [0.4, 0.5) is 0 Å². The van der Waals surface area contributed by atoms with Crippen molar-refractivity contribution in [1.82, 2.24) is 9.80 Å². The predicted molar refractivity (Wildman–Crippen MR) is 112 cm³/mol. The van der Waals surface area contributed by atoms with Gasteiger partial charge < -0.3 is 4.74 Å². The number of ether oxygens (including phenoxy) is 1. The number of ketones is 1. The Morgan fingerprint density at radius 3 is 2.29 bits per heavy atom. The molecule has 4 nitrogen and oxygen atoms in total. The van der Waals surface area contributed by atoms with Crippen LogP contribution in [-0.4, -0.2) is 48.4 Å². The average molecular weight is 379 g/mol. The summed E-state index contributed by atoms with van der Waals surface area (Å²) in [7, 11) is 1.71. The second-order valence-electron chi connectivity index (χ2n) is 8.32. The van der Waals surface area contributed by atoms with Crippen molar-refractivity contribution in [2.45, 2.75) is 38.9 Å². The lowest BCUT2D eigenvalue weighted by atomic mass is 9.94. The number of carbonyl (C=O) groups excluding carboxylic acids is 1. The monoisotopic (exact) mass is 378 g/mol. The van der Waals surface area contributed by atoms with Gasteiger partial charge in [-0.15, -0.1) is 0 Å². The summed E-state index contributed by atoms with van der Waals surface area (Å²) in [5.74, 6) is 1.80. The lowest BCUT2D eigenvalue weighted by Crippen LogP contribution is -2.43. The molecule has 3 fully saturated rings. The van der Waals surface area contributed by atoms with Crippen LogP contribution in [0.3, 0.4) is 0 Å². The third-order valence-electron chi connectivity index (χ3n) is 6.21. The first-order chi connectivity index (χ1) is 13.6. The number of carbonyl (C=O) groups is 1. The van der Waals surface area contributed by atoms with Gasteiger partial charge in [-0.3, -0.25) is 14.6 Å². The average Bonchev–Trinajstić information content (AvgIpc) is 2.99. The molecular weight excluding hydrogens is 348 g/mol. The fourth-order valence-corrected chi connectivity index (χ4v) is 4.67. The highest BCUT2D eigenvalue weighted by molar-refractivity contribution is 5.93. The van der Waals surface area contributed by atoms with Crippen LogP contribution < -0.4 is 4.74 Å². The molecule has 3 saturated heterocycles. The lowest BCUT2D eigenvalue weighted by molar-refractivity contribution is 0.101. The van der Waals surface area contributed by atoms with E-state index in [1.54, 1.807) is 14.0 Å². The maximum absolute atomic E-state index is 11.5. The second-order valence-corrected chi connectivity index (χ2v) is 8.32. The van der Waals surface area contributed by atoms with E-state index in [4.69, 9.17) is 4.74 Å². The zero-order valence-corrected chi connectivity index (χ0v) is 16.9. The molecule has 2 aromatic rings. The van der Waals surface area contributed by atoms with Gasteiger partial charge in [0.15, 0.2) is 5.78 Å². The van der Waals surface area contributed by atoms with Crippen LogP contribution in [0, 0.1) is 5.92 Å². The Morgan fingerprint density at radius 1 is 0.929 bits per heavy atom. The number of benzene rings is 2. The molecule has 3 aliphatic heterocycles. The highest BCUT2D eigenvalue weighted by Crippen LogP contribution is 2.30. The number of Topliss-reactive ketones (excluding diaryl/α,β-unsaturated/α-hetero) is 1. The summed E-state index contributed by atoms with van der Waals surface area (Å²) in [6, 6.07) is 17.2. The first kappa shape index (κ1) is 19.2. The third kappa shape index (κ3) is 4.45. The van der Waals surface area contributed by atoms with Crippen LogP contribution in [0.2, 0.25) is 0 Å². The van der Waals surface area contributed by atoms with E-state index in [-0.39, 0.29) is 5.78 Å². The van der Waals surface area contributed by atoms with E-state index >= 15 is 0 Å². The molecule has 0 N–H and O–H groups in total. The topological polar surface area (TPSA) is 32.8 Å². The molecule has 0 unspecified atom stereocenters. The van der Waals surface area contributed by atoms with Gasteiger partial charge in [0.1, 0.15) is 5.75 Å². The fourth-order valence-electron chi connectivity index (χ4n) is 4.67. The van der Waals surface area contributed by atoms with Crippen molar-refractivity contribution in [3.05, 3.63) is 65.2 Å². The molecule has 0 amide bonds. The molecule has 28 heavy (non-hydrogen) atoms. The second kappa shape index (κ2) is 8.46. The molecule has 2 aromatic carbocycles. The summed E-state index contributed by atoms with van der Waals surface area (Å²) in [4.78, 5) is 16.8. The molecule has 0 aliphatic carbocycles. The minimum Gasteiger partial charge on any atom is -0.497 e. The van der Waals surface area contributed by atoms with Gasteiger partial charge >= 0.3 is 0 Å². The van der Waals surface area contributed by atoms with Crippen molar-refractivity contribution in [1.29, 1.82) is 0 Å². The Hall–Kier alpha value is -2.17. The Kier molecular flexibility index (Phi) is 5.79. The first-order valence-corrected chi connectivity index (χ1v) is 10.3. The minimum atomic E-state index is 0.134. The molecule has 2 bridgehead atoms. The van der Waals surface area contributed by atoms with Crippen molar-refractivity contribution in [2.75, 3.05) is 26.7 Å². The normalized spacial score (nSPS) is 22.8. The van der Waals surface area contributed by atoms with Gasteiger partial charge in [-0.2, -0.15) is 0 Å². The summed E-state index contributed by atoms with van der Waals surface area (Å²) in [5, 5.41) is 0. The van der Waals surface area contributed by atoms with E-state index in [1.165, 1.54) is 37.1 Å². The summed E-state index contributed by atoms with van der Waals surface area (Å²) >= 11 is 0. The third-order valence-corrected chi connectivity index (χ3v) is 6.21. The maximum Gasteiger partial charge on any atom is 0.159 e. The van der Waals surface area contributed by atoms with Crippen molar-refractivity contribution in [3.63, 3.8) is 0 Å². The number of hydrogen-bond donors (Lipinski definition) is 0. The molecule has 2 atom stereocenters. The van der Waals surface area contributed by atoms with Crippen LogP contribution in [0.25, 0.3) is 0 Å². The molecule has 3 aliphatic rings. The van der Waals surface area contributed by atoms with E-state index in [0.717, 1.165) is 36.9 Å². The van der Waals surface area contributed by atoms with Crippen molar-refractivity contribution in [2.24, 2.45) is 5.92 Å². The SMILES string of the molecule is COc1ccc(CN2C[C@@H]3CC[C@H](C2)N(Cc2ccc(C(C)=O)cc2)C3)cc1. The Balaban J connectivity index is 1.40. The number of hydrogen-bond acceptors (Lipinski definition) is 4. The van der Waals surface area contributed by atoms with Gasteiger partial charge in [0, 0.05) is 44.3 Å². The van der Waals surface area contributed by atoms with E-state index < -0.39 is 0 Å². The summed E-state index contributed by atoms with van der Waals surface area (Å²) in [5.41, 5.74) is 3.46. The van der Waals surface area contributed by atoms with E-state index in [0.29, 0.717) is 6.04 Å². The van der Waals surface area contributed by atoms with E-state index in [9.17, 15) is 4.79 Å². The summed E-state index contributed by atoms with van der Waals surface area (Å²) in [6.07, 6.45) is 2.62. The van der Waals surface area contributed by atoms with Gasteiger partial charge in [0.25, 0.3) is 0 Å². The van der Waals surface area contributed by atoms with Crippen LogP contribution in [0.1, 0.15) is 41.3 Å². The molecule has 0 radical (unpaired) electrons. The molecule has 0 spiro atoms. The quantitative estimate of drug-likeness (QED) is 0.712. The van der Waals surface area contributed by atoms with E-state index in [2.05, 4.69) is 46.2 Å². The molecule has 3 heterocycles. The highest BCUT2D eigenvalue weighted by Gasteiger charge is 2.34. The number of methoxy groups -OCH3 is 1. The number of nitrogens with zero attached hydrogens (tertiary/aromatic N) is 2. The summed E-state index contributed by atoms with van der Waals surface area (Å²) < 4.78 is 5.28. The Morgan fingerprint density at radius 2 is 1.61 bits per heavy atom. The van der Waals surface area contributed by atoms with Crippen molar-refractivity contribution >= 4 is 5.78 Å². The zero-order chi connectivity index (χ0) is 19.5. The van der Waals surface area contributed by atoms with Gasteiger partial charge in [-0.1, -0.05) is 36.4 Å². The first-order valence-electron chi connectivity index (χ1n) is 10.3. The number of fused-ring (bicyclic) bond motifs is 4. The smallest absolute Gasteiger partial charge is 0.159 e.